The Morgan fingerprint density at radius 1 is 0.893 bits per heavy atom. The number of nitrogens with zero attached hydrogens (tertiary/aromatic N) is 2. The molecule has 0 radical (unpaired) electrons. The van der Waals surface area contributed by atoms with E-state index in [1.165, 1.54) is 35.4 Å². The smallest absolute Gasteiger partial charge is 0.262 e. The molecule has 3 amide bonds. The van der Waals surface area contributed by atoms with Crippen molar-refractivity contribution in [3.05, 3.63) is 78.0 Å². The first-order valence-corrected chi connectivity index (χ1v) is 9.84. The van der Waals surface area contributed by atoms with Gasteiger partial charge < -0.3 is 4.90 Å². The summed E-state index contributed by atoms with van der Waals surface area (Å²) in [5.74, 6) is -1.51. The van der Waals surface area contributed by atoms with E-state index in [2.05, 4.69) is 6.58 Å². The van der Waals surface area contributed by atoms with Gasteiger partial charge in [-0.3, -0.25) is 19.3 Å². The van der Waals surface area contributed by atoms with Gasteiger partial charge in [-0.05, 0) is 29.8 Å². The number of hydrogen-bond donors (Lipinski definition) is 1. The quantitative estimate of drug-likeness (QED) is 0.611. The molecule has 28 heavy (non-hydrogen) atoms. The van der Waals surface area contributed by atoms with Crippen LogP contribution in [0, 0.1) is 0 Å². The van der Waals surface area contributed by atoms with Gasteiger partial charge in [-0.15, -0.1) is 0 Å². The van der Waals surface area contributed by atoms with E-state index in [0.29, 0.717) is 5.56 Å². The zero-order valence-corrected chi connectivity index (χ0v) is 15.3. The molecule has 0 aromatic heterocycles. The summed E-state index contributed by atoms with van der Waals surface area (Å²) in [7, 11) is -3.87. The normalized spacial score (nSPS) is 21.5. The average molecular weight is 397 g/mol. The van der Waals surface area contributed by atoms with E-state index in [-0.39, 0.29) is 16.0 Å². The SMILES string of the molecule is C=CN1C(=O)[C@H](N2C(=O)c3ccccc3C2=O)[C@@H]1c1ccc(S(N)(=O)=O)cc1. The van der Waals surface area contributed by atoms with E-state index in [9.17, 15) is 22.8 Å². The molecule has 0 unspecified atom stereocenters. The van der Waals surface area contributed by atoms with Crippen molar-refractivity contribution in [2.45, 2.75) is 17.0 Å². The van der Waals surface area contributed by atoms with Crippen molar-refractivity contribution >= 4 is 27.7 Å². The number of likely N-dealkylation sites (tertiary alicyclic amines) is 1. The molecule has 2 atom stereocenters. The largest absolute Gasteiger partial charge is 0.308 e. The van der Waals surface area contributed by atoms with Crippen LogP contribution in [0.5, 0.6) is 0 Å². The van der Waals surface area contributed by atoms with Gasteiger partial charge in [0.1, 0.15) is 6.04 Å². The molecule has 9 heteroatoms. The number of fused-ring (bicyclic) bond motifs is 1. The number of primary sulfonamides is 1. The molecule has 2 aromatic rings. The number of rotatable bonds is 4. The molecule has 2 aliphatic rings. The fraction of sp³-hybridized carbons (Fsp3) is 0.105. The molecule has 2 heterocycles. The first-order valence-electron chi connectivity index (χ1n) is 8.30. The number of amides is 3. The van der Waals surface area contributed by atoms with Crippen LogP contribution in [0.2, 0.25) is 0 Å². The van der Waals surface area contributed by atoms with E-state index in [1.54, 1.807) is 24.3 Å². The fourth-order valence-electron chi connectivity index (χ4n) is 3.61. The first kappa shape index (κ1) is 18.1. The molecule has 0 saturated carbocycles. The van der Waals surface area contributed by atoms with E-state index < -0.39 is 39.8 Å². The predicted octanol–water partition coefficient (Wildman–Crippen LogP) is 1.03. The molecule has 4 rings (SSSR count). The topological polar surface area (TPSA) is 118 Å². The minimum atomic E-state index is -3.87. The summed E-state index contributed by atoms with van der Waals surface area (Å²) in [5, 5.41) is 5.11. The molecular weight excluding hydrogens is 382 g/mol. The lowest BCUT2D eigenvalue weighted by Crippen LogP contribution is -2.64. The number of imide groups is 1. The minimum Gasteiger partial charge on any atom is -0.308 e. The molecule has 2 aromatic carbocycles. The number of nitrogens with two attached hydrogens (primary N) is 1. The number of carbonyl (C=O) groups is 3. The van der Waals surface area contributed by atoms with Crippen molar-refractivity contribution < 1.29 is 22.8 Å². The minimum absolute atomic E-state index is 0.0793. The maximum absolute atomic E-state index is 12.8. The summed E-state index contributed by atoms with van der Waals surface area (Å²) in [6, 6.07) is 10.3. The van der Waals surface area contributed by atoms with E-state index in [1.807, 2.05) is 0 Å². The molecule has 2 N–H and O–H groups in total. The van der Waals surface area contributed by atoms with E-state index in [0.717, 1.165) is 4.90 Å². The summed E-state index contributed by atoms with van der Waals surface area (Å²) in [6.07, 6.45) is 1.31. The van der Waals surface area contributed by atoms with Crippen LogP contribution in [-0.2, 0) is 14.8 Å². The lowest BCUT2D eigenvalue weighted by Gasteiger charge is -2.48. The van der Waals surface area contributed by atoms with Crippen LogP contribution in [0.25, 0.3) is 0 Å². The lowest BCUT2D eigenvalue weighted by molar-refractivity contribution is -0.150. The highest BCUT2D eigenvalue weighted by molar-refractivity contribution is 7.89. The van der Waals surface area contributed by atoms with Crippen molar-refractivity contribution in [2.24, 2.45) is 5.14 Å². The van der Waals surface area contributed by atoms with Gasteiger partial charge in [0.25, 0.3) is 17.7 Å². The van der Waals surface area contributed by atoms with Crippen LogP contribution >= 0.6 is 0 Å². The molecule has 0 bridgehead atoms. The maximum Gasteiger partial charge on any atom is 0.262 e. The number of β-lactam (4-membered cyclic amide) rings is 1. The first-order chi connectivity index (χ1) is 13.3. The van der Waals surface area contributed by atoms with Gasteiger partial charge >= 0.3 is 0 Å². The average Bonchev–Trinajstić information content (AvgIpc) is 2.91. The number of benzene rings is 2. The molecular formula is C19H15N3O5S. The van der Waals surface area contributed by atoms with Gasteiger partial charge in [-0.2, -0.15) is 0 Å². The van der Waals surface area contributed by atoms with Crippen LogP contribution < -0.4 is 5.14 Å². The van der Waals surface area contributed by atoms with E-state index in [4.69, 9.17) is 5.14 Å². The van der Waals surface area contributed by atoms with Crippen molar-refractivity contribution in [3.63, 3.8) is 0 Å². The molecule has 1 saturated heterocycles. The fourth-order valence-corrected chi connectivity index (χ4v) is 4.12. The van der Waals surface area contributed by atoms with Crippen LogP contribution in [0.4, 0.5) is 0 Å². The highest BCUT2D eigenvalue weighted by atomic mass is 32.2. The third-order valence-electron chi connectivity index (χ3n) is 4.96. The van der Waals surface area contributed by atoms with E-state index >= 15 is 0 Å². The van der Waals surface area contributed by atoms with Crippen molar-refractivity contribution in [1.82, 2.24) is 9.80 Å². The van der Waals surface area contributed by atoms with Crippen molar-refractivity contribution in [1.29, 1.82) is 0 Å². The highest BCUT2D eigenvalue weighted by Gasteiger charge is 2.56. The number of carbonyl (C=O) groups excluding carboxylic acids is 3. The second kappa shape index (κ2) is 6.11. The lowest BCUT2D eigenvalue weighted by atomic mass is 9.87. The summed E-state index contributed by atoms with van der Waals surface area (Å²) in [6.45, 7) is 3.61. The Bertz CT molecular complexity index is 1110. The number of hydrogen-bond acceptors (Lipinski definition) is 5. The Morgan fingerprint density at radius 2 is 1.43 bits per heavy atom. The Labute approximate surface area is 160 Å². The molecule has 142 valence electrons. The van der Waals surface area contributed by atoms with Gasteiger partial charge in [-0.1, -0.05) is 30.8 Å². The molecule has 2 aliphatic heterocycles. The summed E-state index contributed by atoms with van der Waals surface area (Å²) in [4.78, 5) is 40.3. The van der Waals surface area contributed by atoms with Crippen molar-refractivity contribution in [3.8, 4) is 0 Å². The van der Waals surface area contributed by atoms with Crippen molar-refractivity contribution in [2.75, 3.05) is 0 Å². The standard InChI is InChI=1S/C19H15N3O5S/c1-2-21-15(11-7-9-12(10-8-11)28(20,26)27)16(19(21)25)22-17(23)13-5-3-4-6-14(13)18(22)24/h2-10,15-16H,1H2,(H2,20,26,27)/t15-,16+/m0/s1. The van der Waals surface area contributed by atoms with Crippen LogP contribution in [0.3, 0.4) is 0 Å². The van der Waals surface area contributed by atoms with Crippen LogP contribution in [0.1, 0.15) is 32.3 Å². The van der Waals surface area contributed by atoms with Gasteiger partial charge in [0.05, 0.1) is 22.1 Å². The Morgan fingerprint density at radius 3 is 1.89 bits per heavy atom. The van der Waals surface area contributed by atoms with Gasteiger partial charge in [0.2, 0.25) is 10.0 Å². The number of sulfonamides is 1. The van der Waals surface area contributed by atoms with Crippen LogP contribution in [-0.4, -0.2) is 42.0 Å². The monoisotopic (exact) mass is 397 g/mol. The third kappa shape index (κ3) is 2.48. The summed E-state index contributed by atoms with van der Waals surface area (Å²) < 4.78 is 22.9. The van der Waals surface area contributed by atoms with Gasteiger partial charge in [0, 0.05) is 6.20 Å². The highest BCUT2D eigenvalue weighted by Crippen LogP contribution is 2.41. The zero-order valence-electron chi connectivity index (χ0n) is 14.5. The second-order valence-corrected chi connectivity index (χ2v) is 8.02. The van der Waals surface area contributed by atoms with Crippen LogP contribution in [0.15, 0.2) is 66.2 Å². The van der Waals surface area contributed by atoms with Gasteiger partial charge in [-0.25, -0.2) is 13.6 Å². The Kier molecular flexibility index (Phi) is 3.95. The predicted molar refractivity (Wildman–Crippen MR) is 98.3 cm³/mol. The molecule has 8 nitrogen and oxygen atoms in total. The van der Waals surface area contributed by atoms with Gasteiger partial charge in [0.15, 0.2) is 0 Å². The zero-order chi connectivity index (χ0) is 20.2. The Hall–Kier alpha value is -3.30. The Balaban J connectivity index is 1.73. The third-order valence-corrected chi connectivity index (χ3v) is 5.89. The maximum atomic E-state index is 12.8. The summed E-state index contributed by atoms with van der Waals surface area (Å²) >= 11 is 0. The molecule has 0 spiro atoms. The second-order valence-electron chi connectivity index (χ2n) is 6.46. The molecule has 1 fully saturated rings. The molecule has 0 aliphatic carbocycles. The summed E-state index contributed by atoms with van der Waals surface area (Å²) in [5.41, 5.74) is 1.05.